The third-order valence-corrected chi connectivity index (χ3v) is 4.95. The van der Waals surface area contributed by atoms with Crippen LogP contribution < -0.4 is 0 Å². The SMILES string of the molecule is C=CCCC1C=C(CC2C=CC=CC2)C=C2C=CCCC21. The average molecular weight is 278 g/mol. The van der Waals surface area contributed by atoms with Crippen molar-refractivity contribution in [2.75, 3.05) is 0 Å². The molecule has 3 rings (SSSR count). The van der Waals surface area contributed by atoms with Crippen LogP contribution in [0.4, 0.5) is 0 Å². The van der Waals surface area contributed by atoms with E-state index in [1.54, 1.807) is 11.1 Å². The fourth-order valence-electron chi connectivity index (χ4n) is 3.86. The first-order valence-corrected chi connectivity index (χ1v) is 8.40. The first-order chi connectivity index (χ1) is 10.4. The second-order valence-corrected chi connectivity index (χ2v) is 6.51. The first-order valence-electron chi connectivity index (χ1n) is 8.40. The van der Waals surface area contributed by atoms with Crippen molar-refractivity contribution in [3.63, 3.8) is 0 Å². The third kappa shape index (κ3) is 3.56. The second-order valence-electron chi connectivity index (χ2n) is 6.51. The number of hydrogen-bond donors (Lipinski definition) is 0. The molecule has 3 aliphatic carbocycles. The molecule has 0 aromatic heterocycles. The minimum atomic E-state index is 0.683. The van der Waals surface area contributed by atoms with E-state index < -0.39 is 0 Å². The third-order valence-electron chi connectivity index (χ3n) is 4.95. The predicted molar refractivity (Wildman–Crippen MR) is 92.0 cm³/mol. The van der Waals surface area contributed by atoms with Gasteiger partial charge in [-0.3, -0.25) is 0 Å². The highest BCUT2D eigenvalue weighted by Crippen LogP contribution is 2.40. The Morgan fingerprint density at radius 3 is 3.00 bits per heavy atom. The van der Waals surface area contributed by atoms with Gasteiger partial charge in [-0.2, -0.15) is 0 Å². The molecule has 110 valence electrons. The lowest BCUT2D eigenvalue weighted by atomic mass is 9.72. The lowest BCUT2D eigenvalue weighted by Crippen LogP contribution is -2.20. The molecule has 0 aromatic rings. The standard InChI is InChI=1S/C21H26/c1-2-3-11-19-15-18(14-17-9-5-4-6-10-17)16-20-12-7-8-13-21(19)20/h2,4-7,9,12,15-17,19,21H,1,3,8,10-11,13-14H2. The minimum Gasteiger partial charge on any atom is -0.103 e. The van der Waals surface area contributed by atoms with Gasteiger partial charge in [-0.25, -0.2) is 0 Å². The number of allylic oxidation sites excluding steroid dienone is 11. The van der Waals surface area contributed by atoms with Gasteiger partial charge in [-0.1, -0.05) is 60.3 Å². The molecule has 0 nitrogen and oxygen atoms in total. The van der Waals surface area contributed by atoms with E-state index in [4.69, 9.17) is 0 Å². The molecule has 0 bridgehead atoms. The van der Waals surface area contributed by atoms with Gasteiger partial charge in [0.1, 0.15) is 0 Å². The van der Waals surface area contributed by atoms with Crippen LogP contribution in [0.15, 0.2) is 72.4 Å². The zero-order chi connectivity index (χ0) is 14.5. The van der Waals surface area contributed by atoms with Gasteiger partial charge in [0.05, 0.1) is 0 Å². The Morgan fingerprint density at radius 1 is 1.24 bits per heavy atom. The van der Waals surface area contributed by atoms with E-state index in [0.717, 1.165) is 12.3 Å². The Kier molecular flexibility index (Phi) is 4.75. The van der Waals surface area contributed by atoms with Crippen LogP contribution in [0.1, 0.15) is 38.5 Å². The fraction of sp³-hybridized carbons (Fsp3) is 0.429. The number of hydrogen-bond acceptors (Lipinski definition) is 0. The van der Waals surface area contributed by atoms with Gasteiger partial charge < -0.3 is 0 Å². The van der Waals surface area contributed by atoms with E-state index in [1.807, 2.05) is 0 Å². The zero-order valence-corrected chi connectivity index (χ0v) is 12.9. The first kappa shape index (κ1) is 14.4. The fourth-order valence-corrected chi connectivity index (χ4v) is 3.86. The number of rotatable bonds is 5. The normalized spacial score (nSPS) is 30.6. The highest BCUT2D eigenvalue weighted by molar-refractivity contribution is 5.39. The maximum Gasteiger partial charge on any atom is -0.00958 e. The second kappa shape index (κ2) is 6.93. The van der Waals surface area contributed by atoms with Crippen molar-refractivity contribution in [1.82, 2.24) is 0 Å². The molecule has 0 fully saturated rings. The van der Waals surface area contributed by atoms with Crippen molar-refractivity contribution >= 4 is 0 Å². The van der Waals surface area contributed by atoms with Crippen molar-refractivity contribution in [2.24, 2.45) is 17.8 Å². The Hall–Kier alpha value is -1.56. The molecule has 21 heavy (non-hydrogen) atoms. The summed E-state index contributed by atoms with van der Waals surface area (Å²) in [5.41, 5.74) is 3.12. The van der Waals surface area contributed by atoms with E-state index >= 15 is 0 Å². The predicted octanol–water partition coefficient (Wildman–Crippen LogP) is 5.92. The van der Waals surface area contributed by atoms with Gasteiger partial charge in [0.2, 0.25) is 0 Å². The highest BCUT2D eigenvalue weighted by atomic mass is 14.3. The topological polar surface area (TPSA) is 0 Å². The van der Waals surface area contributed by atoms with E-state index in [1.165, 1.54) is 32.1 Å². The molecule has 0 radical (unpaired) electrons. The molecule has 0 saturated carbocycles. The highest BCUT2D eigenvalue weighted by Gasteiger charge is 2.27. The largest absolute Gasteiger partial charge is 0.103 e. The van der Waals surface area contributed by atoms with Crippen LogP contribution in [0.25, 0.3) is 0 Å². The van der Waals surface area contributed by atoms with Crippen LogP contribution in [-0.4, -0.2) is 0 Å². The number of fused-ring (bicyclic) bond motifs is 1. The van der Waals surface area contributed by atoms with Crippen molar-refractivity contribution < 1.29 is 0 Å². The van der Waals surface area contributed by atoms with Crippen molar-refractivity contribution in [1.29, 1.82) is 0 Å². The molecule has 0 saturated heterocycles. The van der Waals surface area contributed by atoms with E-state index in [0.29, 0.717) is 11.8 Å². The summed E-state index contributed by atoms with van der Waals surface area (Å²) in [5, 5.41) is 0. The zero-order valence-electron chi connectivity index (χ0n) is 12.9. The molecule has 0 heterocycles. The summed E-state index contributed by atoms with van der Waals surface area (Å²) in [4.78, 5) is 0. The summed E-state index contributed by atoms with van der Waals surface area (Å²) in [7, 11) is 0. The Balaban J connectivity index is 1.75. The lowest BCUT2D eigenvalue weighted by molar-refractivity contribution is 0.396. The molecule has 3 unspecified atom stereocenters. The molecule has 0 aromatic carbocycles. The van der Waals surface area contributed by atoms with Crippen molar-refractivity contribution in [3.05, 3.63) is 72.4 Å². The van der Waals surface area contributed by atoms with Crippen molar-refractivity contribution in [2.45, 2.75) is 38.5 Å². The molecular weight excluding hydrogens is 252 g/mol. The monoisotopic (exact) mass is 278 g/mol. The van der Waals surface area contributed by atoms with Gasteiger partial charge in [0, 0.05) is 0 Å². The maximum absolute atomic E-state index is 3.90. The molecule has 3 aliphatic rings. The Labute approximate surface area is 129 Å². The van der Waals surface area contributed by atoms with Gasteiger partial charge >= 0.3 is 0 Å². The summed E-state index contributed by atoms with van der Waals surface area (Å²) < 4.78 is 0. The van der Waals surface area contributed by atoms with Crippen LogP contribution >= 0.6 is 0 Å². The lowest BCUT2D eigenvalue weighted by Gasteiger charge is -2.33. The Bertz CT molecular complexity index is 524. The van der Waals surface area contributed by atoms with Gasteiger partial charge in [-0.05, 0) is 61.9 Å². The van der Waals surface area contributed by atoms with Crippen LogP contribution in [0.3, 0.4) is 0 Å². The van der Waals surface area contributed by atoms with Crippen LogP contribution in [0.5, 0.6) is 0 Å². The van der Waals surface area contributed by atoms with Gasteiger partial charge in [0.25, 0.3) is 0 Å². The maximum atomic E-state index is 3.90. The van der Waals surface area contributed by atoms with Crippen LogP contribution in [-0.2, 0) is 0 Å². The summed E-state index contributed by atoms with van der Waals surface area (Å²) in [6, 6.07) is 0. The van der Waals surface area contributed by atoms with Gasteiger partial charge in [-0.15, -0.1) is 6.58 Å². The van der Waals surface area contributed by atoms with E-state index in [2.05, 4.69) is 61.3 Å². The Morgan fingerprint density at radius 2 is 2.19 bits per heavy atom. The quantitative estimate of drug-likeness (QED) is 0.547. The van der Waals surface area contributed by atoms with E-state index in [-0.39, 0.29) is 0 Å². The smallest absolute Gasteiger partial charge is 0.00958 e. The summed E-state index contributed by atoms with van der Waals surface area (Å²) in [6.07, 6.45) is 28.2. The molecule has 3 atom stereocenters. The van der Waals surface area contributed by atoms with Crippen molar-refractivity contribution in [3.8, 4) is 0 Å². The van der Waals surface area contributed by atoms with Crippen LogP contribution in [0, 0.1) is 17.8 Å². The summed E-state index contributed by atoms with van der Waals surface area (Å²) in [6.45, 7) is 3.90. The molecular formula is C21H26. The molecule has 0 spiro atoms. The van der Waals surface area contributed by atoms with E-state index in [9.17, 15) is 0 Å². The molecule has 0 amide bonds. The summed E-state index contributed by atoms with van der Waals surface area (Å²) >= 11 is 0. The van der Waals surface area contributed by atoms with Gasteiger partial charge in [0.15, 0.2) is 0 Å². The molecule has 0 aliphatic heterocycles. The molecule has 0 heteroatoms. The van der Waals surface area contributed by atoms with Crippen LogP contribution in [0.2, 0.25) is 0 Å². The minimum absolute atomic E-state index is 0.683. The average Bonchev–Trinajstić information content (AvgIpc) is 2.53. The molecule has 0 N–H and O–H groups in total. The summed E-state index contributed by atoms with van der Waals surface area (Å²) in [5.74, 6) is 2.15.